The molecule has 3 rings (SSSR count). The Morgan fingerprint density at radius 1 is 1.10 bits per heavy atom. The molecule has 0 aliphatic carbocycles. The van der Waals surface area contributed by atoms with E-state index in [0.29, 0.717) is 37.5 Å². The molecule has 31 heavy (non-hydrogen) atoms. The Labute approximate surface area is 181 Å². The quantitative estimate of drug-likeness (QED) is 0.620. The van der Waals surface area contributed by atoms with Gasteiger partial charge >= 0.3 is 12.1 Å². The lowest BCUT2D eigenvalue weighted by atomic mass is 10.1. The monoisotopic (exact) mass is 432 g/mol. The molecule has 3 amide bonds. The molecular weight excluding hydrogens is 404 g/mol. The zero-order valence-electron chi connectivity index (χ0n) is 17.8. The molecule has 1 atom stereocenters. The molecule has 1 aromatic carbocycles. The number of nitrogens with one attached hydrogen (secondary N) is 1. The highest BCUT2D eigenvalue weighted by atomic mass is 16.6. The fraction of sp³-hybridized carbons (Fsp3) is 0.524. The maximum absolute atomic E-state index is 12.3. The summed E-state index contributed by atoms with van der Waals surface area (Å²) in [6.07, 6.45) is -0.684. The second-order valence-electron chi connectivity index (χ2n) is 7.56. The van der Waals surface area contributed by atoms with Crippen molar-refractivity contribution in [1.82, 2.24) is 15.1 Å². The van der Waals surface area contributed by atoms with Crippen LogP contribution >= 0.6 is 0 Å². The number of piperazine rings is 1. The van der Waals surface area contributed by atoms with Crippen molar-refractivity contribution >= 4 is 29.6 Å². The molecule has 10 nitrogen and oxygen atoms in total. The molecular formula is C21H28N4O6. The van der Waals surface area contributed by atoms with Gasteiger partial charge in [-0.2, -0.15) is 0 Å². The van der Waals surface area contributed by atoms with Gasteiger partial charge in [-0.05, 0) is 31.2 Å². The highest BCUT2D eigenvalue weighted by Crippen LogP contribution is 2.23. The van der Waals surface area contributed by atoms with Crippen LogP contribution in [0.4, 0.5) is 10.5 Å². The van der Waals surface area contributed by atoms with E-state index in [0.717, 1.165) is 26.2 Å². The fourth-order valence-corrected chi connectivity index (χ4v) is 3.66. The van der Waals surface area contributed by atoms with E-state index in [1.54, 1.807) is 31.2 Å². The first-order valence-corrected chi connectivity index (χ1v) is 10.4. The molecule has 2 aliphatic heterocycles. The molecule has 2 saturated heterocycles. The van der Waals surface area contributed by atoms with Crippen molar-refractivity contribution in [3.63, 3.8) is 0 Å². The van der Waals surface area contributed by atoms with E-state index in [2.05, 4.69) is 15.1 Å². The number of carbonyl (C=O) groups is 4. The van der Waals surface area contributed by atoms with Gasteiger partial charge in [0.05, 0.1) is 19.7 Å². The Morgan fingerprint density at radius 3 is 2.35 bits per heavy atom. The van der Waals surface area contributed by atoms with Gasteiger partial charge in [0.1, 0.15) is 6.10 Å². The maximum atomic E-state index is 12.3. The summed E-state index contributed by atoms with van der Waals surface area (Å²) in [6.45, 7) is 7.87. The second-order valence-corrected chi connectivity index (χ2v) is 7.56. The van der Waals surface area contributed by atoms with Crippen molar-refractivity contribution in [3.8, 4) is 0 Å². The Hall–Kier alpha value is -2.98. The standard InChI is InChI=1S/C21H28N4O6/c1-3-30-19(27)14-24-10-8-23(9-11-24)12-18-13-25(21(29)31-18)17-6-4-16(5-7-17)20(28)22-15(2)26/h4-7,18H,3,8-14H2,1-2H3,(H,22,26,28)/t18-/m0/s1. The van der Waals surface area contributed by atoms with Crippen LogP contribution in [-0.4, -0.2) is 92.2 Å². The first kappa shape index (κ1) is 22.7. The summed E-state index contributed by atoms with van der Waals surface area (Å²) < 4.78 is 10.5. The average molecular weight is 432 g/mol. The predicted octanol–water partition coefficient (Wildman–Crippen LogP) is 0.469. The van der Waals surface area contributed by atoms with Crippen molar-refractivity contribution in [2.45, 2.75) is 20.0 Å². The topological polar surface area (TPSA) is 108 Å². The van der Waals surface area contributed by atoms with E-state index in [-0.39, 0.29) is 12.1 Å². The van der Waals surface area contributed by atoms with Gasteiger partial charge in [-0.3, -0.25) is 34.4 Å². The third-order valence-corrected chi connectivity index (χ3v) is 5.19. The number of carbonyl (C=O) groups excluding carboxylic acids is 4. The number of amides is 3. The van der Waals surface area contributed by atoms with Gasteiger partial charge in [0.2, 0.25) is 5.91 Å². The molecule has 168 valence electrons. The smallest absolute Gasteiger partial charge is 0.414 e. The van der Waals surface area contributed by atoms with Crippen molar-refractivity contribution in [3.05, 3.63) is 29.8 Å². The largest absolute Gasteiger partial charge is 0.465 e. The lowest BCUT2D eigenvalue weighted by molar-refractivity contribution is -0.144. The van der Waals surface area contributed by atoms with Crippen LogP contribution in [0, 0.1) is 0 Å². The number of anilines is 1. The van der Waals surface area contributed by atoms with E-state index in [1.165, 1.54) is 11.8 Å². The first-order chi connectivity index (χ1) is 14.9. The van der Waals surface area contributed by atoms with Crippen LogP contribution in [0.1, 0.15) is 24.2 Å². The Balaban J connectivity index is 1.48. The van der Waals surface area contributed by atoms with Gasteiger partial charge in [-0.15, -0.1) is 0 Å². The lowest BCUT2D eigenvalue weighted by Crippen LogP contribution is -2.50. The average Bonchev–Trinajstić information content (AvgIpc) is 3.09. The van der Waals surface area contributed by atoms with Gasteiger partial charge in [0.15, 0.2) is 0 Å². The number of imide groups is 1. The number of hydrogen-bond acceptors (Lipinski definition) is 8. The maximum Gasteiger partial charge on any atom is 0.414 e. The van der Waals surface area contributed by atoms with Crippen molar-refractivity contribution in [1.29, 1.82) is 0 Å². The van der Waals surface area contributed by atoms with E-state index in [1.807, 2.05) is 0 Å². The molecule has 0 radical (unpaired) electrons. The summed E-state index contributed by atoms with van der Waals surface area (Å²) >= 11 is 0. The fourth-order valence-electron chi connectivity index (χ4n) is 3.66. The molecule has 1 aromatic rings. The van der Waals surface area contributed by atoms with Gasteiger partial charge in [-0.25, -0.2) is 4.79 Å². The molecule has 0 bridgehead atoms. The van der Waals surface area contributed by atoms with E-state index in [9.17, 15) is 19.2 Å². The molecule has 0 aromatic heterocycles. The Bertz CT molecular complexity index is 820. The normalized spacial score (nSPS) is 19.7. The summed E-state index contributed by atoms with van der Waals surface area (Å²) in [5, 5.41) is 2.21. The van der Waals surface area contributed by atoms with Crippen molar-refractivity contribution in [2.75, 3.05) is 57.3 Å². The molecule has 2 fully saturated rings. The summed E-state index contributed by atoms with van der Waals surface area (Å²) in [5.74, 6) is -1.12. The molecule has 0 saturated carbocycles. The van der Waals surface area contributed by atoms with Crippen LogP contribution in [0.2, 0.25) is 0 Å². The van der Waals surface area contributed by atoms with Gasteiger partial charge in [-0.1, -0.05) is 0 Å². The Kier molecular flexibility index (Phi) is 7.59. The van der Waals surface area contributed by atoms with E-state index >= 15 is 0 Å². The number of benzene rings is 1. The highest BCUT2D eigenvalue weighted by Gasteiger charge is 2.34. The van der Waals surface area contributed by atoms with Gasteiger partial charge in [0, 0.05) is 50.9 Å². The number of rotatable bonds is 7. The van der Waals surface area contributed by atoms with Crippen molar-refractivity contribution in [2.24, 2.45) is 0 Å². The summed E-state index contributed by atoms with van der Waals surface area (Å²) in [5.41, 5.74) is 0.967. The first-order valence-electron chi connectivity index (χ1n) is 10.4. The van der Waals surface area contributed by atoms with Crippen molar-refractivity contribution < 1.29 is 28.7 Å². The van der Waals surface area contributed by atoms with Crippen LogP contribution in [0.3, 0.4) is 0 Å². The molecule has 2 heterocycles. The van der Waals surface area contributed by atoms with E-state index in [4.69, 9.17) is 9.47 Å². The highest BCUT2D eigenvalue weighted by molar-refractivity contribution is 6.04. The van der Waals surface area contributed by atoms with Gasteiger partial charge < -0.3 is 9.47 Å². The minimum Gasteiger partial charge on any atom is -0.465 e. The third-order valence-electron chi connectivity index (χ3n) is 5.19. The summed E-state index contributed by atoms with van der Waals surface area (Å²) in [4.78, 5) is 52.6. The lowest BCUT2D eigenvalue weighted by Gasteiger charge is -2.34. The van der Waals surface area contributed by atoms with Crippen LogP contribution in [-0.2, 0) is 19.1 Å². The van der Waals surface area contributed by atoms with Crippen LogP contribution in [0.25, 0.3) is 0 Å². The number of esters is 1. The molecule has 0 unspecified atom stereocenters. The number of hydrogen-bond donors (Lipinski definition) is 1. The molecule has 1 N–H and O–H groups in total. The van der Waals surface area contributed by atoms with Crippen LogP contribution < -0.4 is 10.2 Å². The SMILES string of the molecule is CCOC(=O)CN1CCN(C[C@H]2CN(c3ccc(C(=O)NC(C)=O)cc3)C(=O)O2)CC1. The zero-order valence-corrected chi connectivity index (χ0v) is 17.8. The minimum atomic E-state index is -0.483. The predicted molar refractivity (Wildman–Crippen MR) is 112 cm³/mol. The van der Waals surface area contributed by atoms with Gasteiger partial charge in [0.25, 0.3) is 5.91 Å². The third kappa shape index (κ3) is 6.25. The summed E-state index contributed by atoms with van der Waals surface area (Å²) in [7, 11) is 0. The zero-order chi connectivity index (χ0) is 22.4. The number of ether oxygens (including phenoxy) is 2. The molecule has 10 heteroatoms. The summed E-state index contributed by atoms with van der Waals surface area (Å²) in [6, 6.07) is 6.45. The molecule has 0 spiro atoms. The minimum absolute atomic E-state index is 0.207. The van der Waals surface area contributed by atoms with Crippen LogP contribution in [0.5, 0.6) is 0 Å². The number of cyclic esters (lactones) is 1. The van der Waals surface area contributed by atoms with E-state index < -0.39 is 17.9 Å². The molecule has 2 aliphatic rings. The number of nitrogens with zero attached hydrogens (tertiary/aromatic N) is 3. The second kappa shape index (κ2) is 10.4. The Morgan fingerprint density at radius 2 is 1.74 bits per heavy atom. The van der Waals surface area contributed by atoms with Crippen LogP contribution in [0.15, 0.2) is 24.3 Å².